The van der Waals surface area contributed by atoms with Gasteiger partial charge in [-0.2, -0.15) is 0 Å². The number of rotatable bonds is 7. The number of nitrogens with one attached hydrogen (secondary N) is 1. The summed E-state index contributed by atoms with van der Waals surface area (Å²) in [5.74, 6) is 1.07. The Hall–Kier alpha value is -1.43. The van der Waals surface area contributed by atoms with Gasteiger partial charge in [0.1, 0.15) is 11.6 Å². The highest BCUT2D eigenvalue weighted by Crippen LogP contribution is 2.25. The van der Waals surface area contributed by atoms with E-state index in [9.17, 15) is 0 Å². The molecule has 0 atom stereocenters. The van der Waals surface area contributed by atoms with Crippen LogP contribution in [0.4, 0.5) is 5.69 Å². The summed E-state index contributed by atoms with van der Waals surface area (Å²) in [6, 6.07) is 5.85. The molecule has 0 aliphatic heterocycles. The number of anilines is 1. The van der Waals surface area contributed by atoms with Gasteiger partial charge in [-0.05, 0) is 25.0 Å². The van der Waals surface area contributed by atoms with E-state index in [1.54, 1.807) is 7.11 Å². The van der Waals surface area contributed by atoms with Crippen LogP contribution in [-0.2, 0) is 0 Å². The zero-order chi connectivity index (χ0) is 15.2. The first-order valence-electron chi connectivity index (χ1n) is 6.45. The maximum absolute atomic E-state index is 8.72. The Labute approximate surface area is 128 Å². The Kier molecular flexibility index (Phi) is 6.13. The van der Waals surface area contributed by atoms with Crippen LogP contribution < -0.4 is 15.8 Å². The zero-order valence-corrected chi connectivity index (χ0v) is 13.7. The van der Waals surface area contributed by atoms with E-state index in [0.717, 1.165) is 35.3 Å². The van der Waals surface area contributed by atoms with E-state index in [1.165, 1.54) is 0 Å². The molecule has 0 aliphatic carbocycles. The summed E-state index contributed by atoms with van der Waals surface area (Å²) in [7, 11) is 1.64. The number of ether oxygens (including phenoxy) is 1. The second-order valence-electron chi connectivity index (χ2n) is 5.28. The third-order valence-corrected chi connectivity index (χ3v) is 3.67. The lowest BCUT2D eigenvalue weighted by molar-refractivity contribution is 0.305. The van der Waals surface area contributed by atoms with E-state index in [2.05, 4.69) is 26.4 Å². The van der Waals surface area contributed by atoms with Crippen molar-refractivity contribution in [2.24, 2.45) is 16.3 Å². The van der Waals surface area contributed by atoms with Crippen LogP contribution in [0.25, 0.3) is 0 Å². The largest absolute Gasteiger partial charge is 0.497 e. The Bertz CT molecular complexity index is 475. The minimum Gasteiger partial charge on any atom is -0.497 e. The highest BCUT2D eigenvalue weighted by molar-refractivity contribution is 9.10. The maximum atomic E-state index is 8.72. The number of oxime groups is 1. The fourth-order valence-electron chi connectivity index (χ4n) is 1.81. The van der Waals surface area contributed by atoms with Gasteiger partial charge in [0.15, 0.2) is 0 Å². The molecular weight excluding hydrogens is 322 g/mol. The lowest BCUT2D eigenvalue weighted by Gasteiger charge is -2.22. The molecule has 0 heterocycles. The first-order chi connectivity index (χ1) is 9.39. The number of hydrogen-bond donors (Lipinski definition) is 3. The van der Waals surface area contributed by atoms with E-state index in [-0.39, 0.29) is 11.3 Å². The van der Waals surface area contributed by atoms with Crippen molar-refractivity contribution in [2.75, 3.05) is 19.0 Å². The summed E-state index contributed by atoms with van der Waals surface area (Å²) in [6.07, 6.45) is 1.75. The topological polar surface area (TPSA) is 79.9 Å². The minimum absolute atomic E-state index is 0.265. The summed E-state index contributed by atoms with van der Waals surface area (Å²) in [5.41, 5.74) is 6.36. The van der Waals surface area contributed by atoms with Crippen molar-refractivity contribution >= 4 is 27.5 Å². The van der Waals surface area contributed by atoms with Crippen molar-refractivity contribution < 1.29 is 9.94 Å². The van der Waals surface area contributed by atoms with Crippen LogP contribution in [0.15, 0.2) is 27.8 Å². The van der Waals surface area contributed by atoms with Gasteiger partial charge in [-0.15, -0.1) is 0 Å². The number of nitrogens with zero attached hydrogens (tertiary/aromatic N) is 1. The molecular formula is C14H22BrN3O2. The molecule has 0 saturated heterocycles. The number of halogens is 1. The molecule has 6 heteroatoms. The first kappa shape index (κ1) is 16.6. The molecule has 0 aliphatic rings. The van der Waals surface area contributed by atoms with Gasteiger partial charge in [0.25, 0.3) is 0 Å². The maximum Gasteiger partial charge on any atom is 0.144 e. The molecule has 1 aromatic rings. The van der Waals surface area contributed by atoms with Crippen molar-refractivity contribution in [3.63, 3.8) is 0 Å². The molecule has 4 N–H and O–H groups in total. The molecule has 0 unspecified atom stereocenters. The van der Waals surface area contributed by atoms with Gasteiger partial charge in [-0.3, -0.25) is 0 Å². The number of amidine groups is 1. The summed E-state index contributed by atoms with van der Waals surface area (Å²) in [4.78, 5) is 0. The average Bonchev–Trinajstić information content (AvgIpc) is 2.42. The van der Waals surface area contributed by atoms with E-state index in [4.69, 9.17) is 15.7 Å². The Morgan fingerprint density at radius 2 is 2.15 bits per heavy atom. The van der Waals surface area contributed by atoms with Crippen LogP contribution in [0.3, 0.4) is 0 Å². The average molecular weight is 344 g/mol. The molecule has 0 fully saturated rings. The molecule has 20 heavy (non-hydrogen) atoms. The number of nitrogens with two attached hydrogens (primary N) is 1. The minimum atomic E-state index is -0.300. The quantitative estimate of drug-likeness (QED) is 0.233. The monoisotopic (exact) mass is 343 g/mol. The second-order valence-corrected chi connectivity index (χ2v) is 6.19. The van der Waals surface area contributed by atoms with Crippen LogP contribution >= 0.6 is 15.9 Å². The van der Waals surface area contributed by atoms with E-state index in [0.29, 0.717) is 0 Å². The molecule has 0 aromatic heterocycles. The zero-order valence-electron chi connectivity index (χ0n) is 12.1. The number of hydrogen-bond acceptors (Lipinski definition) is 4. The molecule has 112 valence electrons. The normalized spacial score (nSPS) is 12.3. The third-order valence-electron chi connectivity index (χ3n) is 3.22. The molecule has 0 amide bonds. The van der Waals surface area contributed by atoms with Gasteiger partial charge >= 0.3 is 0 Å². The molecule has 0 bridgehead atoms. The summed E-state index contributed by atoms with van der Waals surface area (Å²) >= 11 is 3.44. The molecule has 0 spiro atoms. The predicted molar refractivity (Wildman–Crippen MR) is 85.6 cm³/mol. The van der Waals surface area contributed by atoms with Crippen LogP contribution in [0, 0.1) is 5.41 Å². The van der Waals surface area contributed by atoms with Gasteiger partial charge in [0.05, 0.1) is 7.11 Å². The van der Waals surface area contributed by atoms with Crippen molar-refractivity contribution in [3.05, 3.63) is 22.7 Å². The third kappa shape index (κ3) is 4.92. The van der Waals surface area contributed by atoms with Gasteiger partial charge in [0.2, 0.25) is 0 Å². The Morgan fingerprint density at radius 1 is 1.45 bits per heavy atom. The molecule has 1 rings (SSSR count). The predicted octanol–water partition coefficient (Wildman–Crippen LogP) is 3.42. The van der Waals surface area contributed by atoms with Gasteiger partial charge in [0, 0.05) is 28.2 Å². The fraction of sp³-hybridized carbons (Fsp3) is 0.500. The fourth-order valence-corrected chi connectivity index (χ4v) is 2.28. The van der Waals surface area contributed by atoms with Crippen LogP contribution in [0.5, 0.6) is 5.75 Å². The standard InChI is InChI=1S/C14H22BrN3O2/c1-14(2,13(16)18-19)5-4-6-17-11-7-10(15)8-12(9-11)20-3/h7-9,17,19H,4-6H2,1-3H3,(H2,16,18). The van der Waals surface area contributed by atoms with Crippen LogP contribution in [-0.4, -0.2) is 24.7 Å². The van der Waals surface area contributed by atoms with E-state index < -0.39 is 0 Å². The highest BCUT2D eigenvalue weighted by atomic mass is 79.9. The lowest BCUT2D eigenvalue weighted by atomic mass is 9.86. The lowest BCUT2D eigenvalue weighted by Crippen LogP contribution is -2.32. The van der Waals surface area contributed by atoms with E-state index in [1.807, 2.05) is 32.0 Å². The SMILES string of the molecule is COc1cc(Br)cc(NCCCC(C)(C)/C(N)=N/O)c1. The summed E-state index contributed by atoms with van der Waals surface area (Å²) in [5, 5.41) is 15.1. The van der Waals surface area contributed by atoms with Crippen molar-refractivity contribution in [3.8, 4) is 5.75 Å². The highest BCUT2D eigenvalue weighted by Gasteiger charge is 2.22. The van der Waals surface area contributed by atoms with Crippen LogP contribution in [0.1, 0.15) is 26.7 Å². The van der Waals surface area contributed by atoms with Crippen molar-refractivity contribution in [1.82, 2.24) is 0 Å². The Morgan fingerprint density at radius 3 is 2.75 bits per heavy atom. The first-order valence-corrected chi connectivity index (χ1v) is 7.25. The van der Waals surface area contributed by atoms with Gasteiger partial charge in [-0.1, -0.05) is 34.9 Å². The number of benzene rings is 1. The number of methoxy groups -OCH3 is 1. The molecule has 5 nitrogen and oxygen atoms in total. The van der Waals surface area contributed by atoms with Crippen LogP contribution in [0.2, 0.25) is 0 Å². The molecule has 0 radical (unpaired) electrons. The summed E-state index contributed by atoms with van der Waals surface area (Å²) < 4.78 is 6.18. The van der Waals surface area contributed by atoms with Gasteiger partial charge < -0.3 is 21.0 Å². The Balaban J connectivity index is 2.47. The second kappa shape index (κ2) is 7.38. The van der Waals surface area contributed by atoms with Crippen molar-refractivity contribution in [2.45, 2.75) is 26.7 Å². The van der Waals surface area contributed by atoms with Gasteiger partial charge in [-0.25, -0.2) is 0 Å². The molecule has 1 aromatic carbocycles. The van der Waals surface area contributed by atoms with E-state index >= 15 is 0 Å². The van der Waals surface area contributed by atoms with Crippen molar-refractivity contribution in [1.29, 1.82) is 0 Å². The summed E-state index contributed by atoms with van der Waals surface area (Å²) in [6.45, 7) is 4.73. The smallest absolute Gasteiger partial charge is 0.144 e. The molecule has 0 saturated carbocycles.